The Labute approximate surface area is 256 Å². The van der Waals surface area contributed by atoms with Crippen LogP contribution in [0.1, 0.15) is 152 Å². The van der Waals surface area contributed by atoms with Gasteiger partial charge in [0.05, 0.1) is 0 Å². The maximum atomic E-state index is 2.36. The van der Waals surface area contributed by atoms with E-state index in [1.54, 1.807) is 9.75 Å². The number of hydrogen-bond acceptors (Lipinski definition) is 2. The SMILES string of the molecule is CCCCCCCCCCCCc1ccc(-c2ccc(-c3ccc(CCCCCCCCCCCC)s3)cc2)s1. The minimum atomic E-state index is 1.25. The van der Waals surface area contributed by atoms with Gasteiger partial charge in [-0.05, 0) is 61.1 Å². The first kappa shape index (κ1) is 33.1. The first-order valence-corrected chi connectivity index (χ1v) is 18.7. The van der Waals surface area contributed by atoms with Gasteiger partial charge in [0.1, 0.15) is 0 Å². The lowest BCUT2D eigenvalue weighted by molar-refractivity contribution is 0.557. The molecule has 3 rings (SSSR count). The molecule has 2 heterocycles. The van der Waals surface area contributed by atoms with Gasteiger partial charge in [0.25, 0.3) is 0 Å². The van der Waals surface area contributed by atoms with Gasteiger partial charge in [0.2, 0.25) is 0 Å². The van der Waals surface area contributed by atoms with Gasteiger partial charge < -0.3 is 0 Å². The highest BCUT2D eigenvalue weighted by Gasteiger charge is 2.07. The van der Waals surface area contributed by atoms with Gasteiger partial charge in [-0.3, -0.25) is 0 Å². The number of unbranched alkanes of at least 4 members (excludes halogenated alkanes) is 18. The van der Waals surface area contributed by atoms with E-state index in [2.05, 4.69) is 62.4 Å². The third-order valence-electron chi connectivity index (χ3n) is 8.33. The molecule has 2 heteroatoms. The highest BCUT2D eigenvalue weighted by Crippen LogP contribution is 2.33. The van der Waals surface area contributed by atoms with Crippen molar-refractivity contribution in [3.63, 3.8) is 0 Å². The molecule has 0 unspecified atom stereocenters. The van der Waals surface area contributed by atoms with Gasteiger partial charge in [-0.15, -0.1) is 22.7 Å². The molecule has 222 valence electrons. The minimum absolute atomic E-state index is 1.25. The molecule has 40 heavy (non-hydrogen) atoms. The molecule has 0 saturated heterocycles. The van der Waals surface area contributed by atoms with E-state index in [1.165, 1.54) is 162 Å². The van der Waals surface area contributed by atoms with Crippen LogP contribution in [0.5, 0.6) is 0 Å². The van der Waals surface area contributed by atoms with E-state index in [-0.39, 0.29) is 0 Å². The van der Waals surface area contributed by atoms with Crippen molar-refractivity contribution in [2.75, 3.05) is 0 Å². The number of aryl methyl sites for hydroxylation is 2. The molecule has 0 amide bonds. The largest absolute Gasteiger partial charge is 0.140 e. The van der Waals surface area contributed by atoms with Crippen LogP contribution in [-0.4, -0.2) is 0 Å². The predicted octanol–water partition coefficient (Wildman–Crippen LogP) is 14.1. The molecule has 0 spiro atoms. The lowest BCUT2D eigenvalue weighted by Gasteiger charge is -2.03. The van der Waals surface area contributed by atoms with Gasteiger partial charge >= 0.3 is 0 Å². The Hall–Kier alpha value is -1.38. The summed E-state index contributed by atoms with van der Waals surface area (Å²) in [7, 11) is 0. The molecule has 0 N–H and O–H groups in total. The molecule has 0 aliphatic carbocycles. The minimum Gasteiger partial charge on any atom is -0.140 e. The molecule has 0 saturated carbocycles. The summed E-state index contributed by atoms with van der Waals surface area (Å²) in [6.45, 7) is 4.60. The molecule has 0 nitrogen and oxygen atoms in total. The van der Waals surface area contributed by atoms with E-state index < -0.39 is 0 Å². The third kappa shape index (κ3) is 13.5. The normalized spacial score (nSPS) is 11.4. The second-order valence-corrected chi connectivity index (χ2v) is 14.3. The van der Waals surface area contributed by atoms with Gasteiger partial charge in [-0.2, -0.15) is 0 Å². The van der Waals surface area contributed by atoms with Crippen LogP contribution >= 0.6 is 22.7 Å². The van der Waals surface area contributed by atoms with Crippen LogP contribution in [0.25, 0.3) is 20.9 Å². The number of benzene rings is 1. The van der Waals surface area contributed by atoms with Gasteiger partial charge in [-0.1, -0.05) is 154 Å². The molecule has 0 radical (unpaired) electrons. The molecular formula is C38H58S2. The zero-order chi connectivity index (χ0) is 28.1. The van der Waals surface area contributed by atoms with E-state index in [9.17, 15) is 0 Å². The Morgan fingerprint density at radius 3 is 0.975 bits per heavy atom. The monoisotopic (exact) mass is 578 g/mol. The third-order valence-corrected chi connectivity index (χ3v) is 10.7. The number of thiophene rings is 2. The van der Waals surface area contributed by atoms with Gasteiger partial charge in [0, 0.05) is 19.5 Å². The average Bonchev–Trinajstić information content (AvgIpc) is 3.65. The van der Waals surface area contributed by atoms with Gasteiger partial charge in [0.15, 0.2) is 0 Å². The molecule has 0 atom stereocenters. The van der Waals surface area contributed by atoms with Crippen LogP contribution in [0, 0.1) is 0 Å². The fourth-order valence-electron chi connectivity index (χ4n) is 5.71. The van der Waals surface area contributed by atoms with Crippen molar-refractivity contribution in [3.8, 4) is 20.9 Å². The molecule has 3 aromatic rings. The van der Waals surface area contributed by atoms with E-state index in [0.717, 1.165) is 0 Å². The van der Waals surface area contributed by atoms with Crippen LogP contribution in [0.2, 0.25) is 0 Å². The summed E-state index contributed by atoms with van der Waals surface area (Å²) in [5.41, 5.74) is 2.73. The summed E-state index contributed by atoms with van der Waals surface area (Å²) in [5.74, 6) is 0. The fourth-order valence-corrected chi connectivity index (χ4v) is 7.82. The Bertz CT molecular complexity index is 911. The molecule has 0 aliphatic heterocycles. The van der Waals surface area contributed by atoms with Crippen molar-refractivity contribution in [1.82, 2.24) is 0 Å². The predicted molar refractivity (Wildman–Crippen MR) is 184 cm³/mol. The highest BCUT2D eigenvalue weighted by molar-refractivity contribution is 7.15. The molecule has 2 aromatic heterocycles. The van der Waals surface area contributed by atoms with E-state index in [4.69, 9.17) is 0 Å². The Kier molecular flexibility index (Phi) is 17.7. The van der Waals surface area contributed by atoms with Gasteiger partial charge in [-0.25, -0.2) is 0 Å². The van der Waals surface area contributed by atoms with Crippen LogP contribution in [0.15, 0.2) is 48.5 Å². The maximum Gasteiger partial charge on any atom is 0.0345 e. The molecule has 0 fully saturated rings. The van der Waals surface area contributed by atoms with Crippen molar-refractivity contribution in [2.45, 2.75) is 155 Å². The quantitative estimate of drug-likeness (QED) is 0.0927. The van der Waals surface area contributed by atoms with E-state index in [0.29, 0.717) is 0 Å². The van der Waals surface area contributed by atoms with Crippen LogP contribution in [0.3, 0.4) is 0 Å². The van der Waals surface area contributed by atoms with Crippen LogP contribution in [-0.2, 0) is 12.8 Å². The molecule has 0 bridgehead atoms. The lowest BCUT2D eigenvalue weighted by atomic mass is 10.1. The zero-order valence-corrected chi connectivity index (χ0v) is 27.6. The van der Waals surface area contributed by atoms with E-state index in [1.807, 2.05) is 22.7 Å². The van der Waals surface area contributed by atoms with Crippen molar-refractivity contribution in [2.24, 2.45) is 0 Å². The van der Waals surface area contributed by atoms with Crippen LogP contribution < -0.4 is 0 Å². The molecule has 0 aliphatic rings. The fraction of sp³-hybridized carbons (Fsp3) is 0.632. The van der Waals surface area contributed by atoms with Crippen molar-refractivity contribution >= 4 is 22.7 Å². The number of hydrogen-bond donors (Lipinski definition) is 0. The first-order valence-electron chi connectivity index (χ1n) is 17.1. The second kappa shape index (κ2) is 21.3. The summed E-state index contributed by atoms with van der Waals surface area (Å²) in [5, 5.41) is 0. The average molecular weight is 579 g/mol. The molecule has 1 aromatic carbocycles. The van der Waals surface area contributed by atoms with Crippen LogP contribution in [0.4, 0.5) is 0 Å². The van der Waals surface area contributed by atoms with Crippen molar-refractivity contribution in [1.29, 1.82) is 0 Å². The highest BCUT2D eigenvalue weighted by atomic mass is 32.1. The second-order valence-electron chi connectivity index (χ2n) is 12.0. The zero-order valence-electron chi connectivity index (χ0n) is 26.0. The molecular weight excluding hydrogens is 521 g/mol. The lowest BCUT2D eigenvalue weighted by Crippen LogP contribution is -1.84. The Morgan fingerprint density at radius 1 is 0.350 bits per heavy atom. The standard InChI is InChI=1S/C38H58S2/c1-3-5-7-9-11-13-15-17-19-21-23-35-29-31-37(39-35)33-25-27-34(28-26-33)38-32-30-36(40-38)24-22-20-18-16-14-12-10-8-6-4-2/h25-32H,3-24H2,1-2H3. The maximum absolute atomic E-state index is 2.36. The van der Waals surface area contributed by atoms with Crippen molar-refractivity contribution in [3.05, 3.63) is 58.3 Å². The smallest absolute Gasteiger partial charge is 0.0345 e. The summed E-state index contributed by atoms with van der Waals surface area (Å²) in [6.07, 6.45) is 30.7. The summed E-state index contributed by atoms with van der Waals surface area (Å²) in [6, 6.07) is 18.7. The summed E-state index contributed by atoms with van der Waals surface area (Å²) < 4.78 is 0. The topological polar surface area (TPSA) is 0 Å². The Morgan fingerprint density at radius 2 is 0.650 bits per heavy atom. The first-order chi connectivity index (χ1) is 19.8. The summed E-state index contributed by atoms with van der Waals surface area (Å²) >= 11 is 3.99. The van der Waals surface area contributed by atoms with Crippen molar-refractivity contribution < 1.29 is 0 Å². The Balaban J connectivity index is 1.29. The number of rotatable bonds is 24. The van der Waals surface area contributed by atoms with E-state index >= 15 is 0 Å². The summed E-state index contributed by atoms with van der Waals surface area (Å²) in [4.78, 5) is 5.94.